The molecule has 0 spiro atoms. The lowest BCUT2D eigenvalue weighted by atomic mass is 10.0. The van der Waals surface area contributed by atoms with Crippen molar-refractivity contribution in [2.45, 2.75) is 32.2 Å². The molecule has 7 heteroatoms. The molecule has 0 N–H and O–H groups in total. The lowest BCUT2D eigenvalue weighted by Crippen LogP contribution is -2.36. The molecular formula is C26H28FN5O. The summed E-state index contributed by atoms with van der Waals surface area (Å²) in [6, 6.07) is 12.5. The normalized spacial score (nSPS) is 15.2. The predicted octanol–water partition coefficient (Wildman–Crippen LogP) is 4.83. The van der Waals surface area contributed by atoms with E-state index in [1.807, 2.05) is 12.3 Å². The molecule has 0 amide bonds. The summed E-state index contributed by atoms with van der Waals surface area (Å²) in [7, 11) is 1.56. The Morgan fingerprint density at radius 2 is 1.82 bits per heavy atom. The summed E-state index contributed by atoms with van der Waals surface area (Å²) >= 11 is 0. The second kappa shape index (κ2) is 9.27. The van der Waals surface area contributed by atoms with Gasteiger partial charge in [0.2, 0.25) is 5.88 Å². The number of aryl methyl sites for hydroxylation is 1. The highest BCUT2D eigenvalue weighted by Crippen LogP contribution is 2.27. The number of pyridine rings is 2. The molecule has 0 saturated carbocycles. The fraction of sp³-hybridized carbons (Fsp3) is 0.346. The number of fused-ring (bicyclic) bond motifs is 1. The second-order valence-corrected chi connectivity index (χ2v) is 8.70. The molecule has 170 valence electrons. The van der Waals surface area contributed by atoms with Gasteiger partial charge in [0.25, 0.3) is 0 Å². The van der Waals surface area contributed by atoms with E-state index < -0.39 is 0 Å². The first kappa shape index (κ1) is 21.5. The number of piperidine rings is 1. The number of likely N-dealkylation sites (tertiary alicyclic amines) is 1. The lowest BCUT2D eigenvalue weighted by Gasteiger charge is -2.32. The number of hydrogen-bond acceptors (Lipinski definition) is 5. The summed E-state index contributed by atoms with van der Waals surface area (Å²) in [6.07, 6.45) is 8.05. The van der Waals surface area contributed by atoms with Crippen LogP contribution in [0.3, 0.4) is 0 Å². The molecule has 4 heterocycles. The highest BCUT2D eigenvalue weighted by atomic mass is 19.1. The molecule has 4 aromatic rings. The van der Waals surface area contributed by atoms with Crippen molar-refractivity contribution in [3.63, 3.8) is 0 Å². The van der Waals surface area contributed by atoms with Gasteiger partial charge in [-0.05, 0) is 37.8 Å². The molecule has 1 saturated heterocycles. The van der Waals surface area contributed by atoms with E-state index in [1.165, 1.54) is 17.3 Å². The van der Waals surface area contributed by atoms with Gasteiger partial charge in [-0.15, -0.1) is 0 Å². The number of ether oxygens (including phenoxy) is 1. The van der Waals surface area contributed by atoms with Crippen molar-refractivity contribution < 1.29 is 9.13 Å². The van der Waals surface area contributed by atoms with E-state index in [4.69, 9.17) is 4.74 Å². The van der Waals surface area contributed by atoms with E-state index in [1.54, 1.807) is 13.2 Å². The van der Waals surface area contributed by atoms with E-state index in [0.717, 1.165) is 38.0 Å². The minimum Gasteiger partial charge on any atom is -0.481 e. The van der Waals surface area contributed by atoms with Crippen molar-refractivity contribution in [3.8, 4) is 17.0 Å². The van der Waals surface area contributed by atoms with Gasteiger partial charge in [-0.25, -0.2) is 9.37 Å². The molecule has 1 fully saturated rings. The van der Waals surface area contributed by atoms with Crippen LogP contribution in [0, 0.1) is 12.7 Å². The van der Waals surface area contributed by atoms with Crippen molar-refractivity contribution >= 4 is 11.0 Å². The van der Waals surface area contributed by atoms with E-state index in [0.29, 0.717) is 34.9 Å². The van der Waals surface area contributed by atoms with E-state index in [9.17, 15) is 4.39 Å². The zero-order chi connectivity index (χ0) is 22.8. The van der Waals surface area contributed by atoms with Gasteiger partial charge in [0.05, 0.1) is 36.6 Å². The Labute approximate surface area is 193 Å². The molecule has 0 radical (unpaired) electrons. The van der Waals surface area contributed by atoms with Gasteiger partial charge < -0.3 is 9.64 Å². The summed E-state index contributed by atoms with van der Waals surface area (Å²) in [5, 5.41) is 4.64. The molecule has 0 atom stereocenters. The van der Waals surface area contributed by atoms with Crippen molar-refractivity contribution in [3.05, 3.63) is 71.9 Å². The van der Waals surface area contributed by atoms with Gasteiger partial charge in [0, 0.05) is 43.0 Å². The van der Waals surface area contributed by atoms with Crippen LogP contribution in [0.25, 0.3) is 22.2 Å². The highest BCUT2D eigenvalue weighted by Gasteiger charge is 2.22. The minimum absolute atomic E-state index is 0.307. The maximum absolute atomic E-state index is 14.6. The van der Waals surface area contributed by atoms with E-state index >= 15 is 0 Å². The third-order valence-electron chi connectivity index (χ3n) is 6.54. The monoisotopic (exact) mass is 445 g/mol. The molecule has 0 bridgehead atoms. The number of benzene rings is 1. The predicted molar refractivity (Wildman–Crippen MR) is 127 cm³/mol. The third-order valence-corrected chi connectivity index (χ3v) is 6.54. The zero-order valence-corrected chi connectivity index (χ0v) is 19.0. The molecule has 1 aliphatic heterocycles. The van der Waals surface area contributed by atoms with Gasteiger partial charge in [-0.3, -0.25) is 9.67 Å². The Morgan fingerprint density at radius 3 is 2.58 bits per heavy atom. The first-order valence-electron chi connectivity index (χ1n) is 11.4. The Hall–Kier alpha value is -3.32. The van der Waals surface area contributed by atoms with Crippen LogP contribution in [-0.2, 0) is 6.42 Å². The van der Waals surface area contributed by atoms with Crippen LogP contribution in [0.15, 0.2) is 55.0 Å². The number of hydrogen-bond donors (Lipinski definition) is 0. The molecule has 1 aromatic carbocycles. The standard InChI is InChI=1S/C26H28FN5O/c1-18-3-5-19(6-4-18)20-15-29-32(17-20)21-9-12-31(13-10-21)14-11-22-23(27)16-28-24-7-8-25(33-2)30-26(22)24/h3-8,15-17,21H,9-14H2,1-2H3. The lowest BCUT2D eigenvalue weighted by molar-refractivity contribution is 0.181. The van der Waals surface area contributed by atoms with Crippen molar-refractivity contribution in [2.24, 2.45) is 0 Å². The molecular weight excluding hydrogens is 417 g/mol. The molecule has 0 unspecified atom stereocenters. The topological polar surface area (TPSA) is 56.1 Å². The summed E-state index contributed by atoms with van der Waals surface area (Å²) in [5.41, 5.74) is 5.49. The summed E-state index contributed by atoms with van der Waals surface area (Å²) in [4.78, 5) is 11.0. The van der Waals surface area contributed by atoms with Crippen LogP contribution in [0.4, 0.5) is 4.39 Å². The minimum atomic E-state index is -0.307. The van der Waals surface area contributed by atoms with Gasteiger partial charge in [-0.1, -0.05) is 29.8 Å². The number of nitrogens with zero attached hydrogens (tertiary/aromatic N) is 5. The second-order valence-electron chi connectivity index (χ2n) is 8.70. The number of aromatic nitrogens is 4. The van der Waals surface area contributed by atoms with E-state index in [2.05, 4.69) is 62.0 Å². The largest absolute Gasteiger partial charge is 0.481 e. The molecule has 33 heavy (non-hydrogen) atoms. The van der Waals surface area contributed by atoms with Crippen LogP contribution in [0.5, 0.6) is 5.88 Å². The number of halogens is 1. The first-order chi connectivity index (χ1) is 16.1. The Balaban J connectivity index is 1.21. The molecule has 0 aliphatic carbocycles. The van der Waals surface area contributed by atoms with Crippen LogP contribution in [-0.4, -0.2) is 51.4 Å². The average Bonchev–Trinajstić information content (AvgIpc) is 3.34. The maximum atomic E-state index is 14.6. The molecule has 1 aliphatic rings. The molecule has 6 nitrogen and oxygen atoms in total. The van der Waals surface area contributed by atoms with Crippen molar-refractivity contribution in [1.82, 2.24) is 24.6 Å². The van der Waals surface area contributed by atoms with Crippen LogP contribution in [0.1, 0.15) is 30.0 Å². The summed E-state index contributed by atoms with van der Waals surface area (Å²) in [5.74, 6) is 0.166. The summed E-state index contributed by atoms with van der Waals surface area (Å²) in [6.45, 7) is 4.81. The fourth-order valence-corrected chi connectivity index (χ4v) is 4.54. The Kier molecular flexibility index (Phi) is 6.05. The molecule has 5 rings (SSSR count). The first-order valence-corrected chi connectivity index (χ1v) is 11.4. The SMILES string of the molecule is COc1ccc2ncc(F)c(CCN3CCC(n4cc(-c5ccc(C)cc5)cn4)CC3)c2n1. The zero-order valence-electron chi connectivity index (χ0n) is 19.0. The van der Waals surface area contributed by atoms with Crippen LogP contribution < -0.4 is 4.74 Å². The van der Waals surface area contributed by atoms with Gasteiger partial charge in [-0.2, -0.15) is 5.10 Å². The smallest absolute Gasteiger partial charge is 0.213 e. The number of rotatable bonds is 6. The van der Waals surface area contributed by atoms with Gasteiger partial charge in [0.1, 0.15) is 5.82 Å². The Morgan fingerprint density at radius 1 is 1.03 bits per heavy atom. The number of methoxy groups -OCH3 is 1. The summed E-state index contributed by atoms with van der Waals surface area (Å²) < 4.78 is 21.9. The third kappa shape index (κ3) is 4.59. The van der Waals surface area contributed by atoms with Crippen molar-refractivity contribution in [1.29, 1.82) is 0 Å². The fourth-order valence-electron chi connectivity index (χ4n) is 4.54. The Bertz CT molecular complexity index is 1250. The highest BCUT2D eigenvalue weighted by molar-refractivity contribution is 5.78. The molecule has 3 aromatic heterocycles. The van der Waals surface area contributed by atoms with Crippen LogP contribution >= 0.6 is 0 Å². The quantitative estimate of drug-likeness (QED) is 0.426. The van der Waals surface area contributed by atoms with Crippen molar-refractivity contribution in [2.75, 3.05) is 26.7 Å². The van der Waals surface area contributed by atoms with E-state index in [-0.39, 0.29) is 5.82 Å². The maximum Gasteiger partial charge on any atom is 0.213 e. The van der Waals surface area contributed by atoms with Gasteiger partial charge in [0.15, 0.2) is 0 Å². The van der Waals surface area contributed by atoms with Gasteiger partial charge >= 0.3 is 0 Å². The average molecular weight is 446 g/mol. The van der Waals surface area contributed by atoms with Crippen LogP contribution in [0.2, 0.25) is 0 Å².